The molecule has 4 nitrogen and oxygen atoms in total. The van der Waals surface area contributed by atoms with Crippen LogP contribution in [0, 0.1) is 0 Å². The molecule has 0 saturated carbocycles. The number of nitrogens with one attached hydrogen (secondary N) is 1. The molecule has 3 heterocycles. The first-order valence-electron chi connectivity index (χ1n) is 14.7. The van der Waals surface area contributed by atoms with Gasteiger partial charge in [0.05, 0.1) is 0 Å². The van der Waals surface area contributed by atoms with Crippen LogP contribution < -0.4 is 5.32 Å². The minimum absolute atomic E-state index is 0.340. The minimum atomic E-state index is -0.340. The second kappa shape index (κ2) is 10.0. The third kappa shape index (κ3) is 4.05. The van der Waals surface area contributed by atoms with Gasteiger partial charge in [-0.3, -0.25) is 0 Å². The molecule has 1 atom stereocenters. The number of thiophene rings is 1. The third-order valence-electron chi connectivity index (χ3n) is 8.36. The van der Waals surface area contributed by atoms with Crippen molar-refractivity contribution in [3.05, 3.63) is 156 Å². The SMILES string of the molecule is c1ccc(C2=NC(c3cccc4oc5cc(-c6cccc7sc8ccccc8c67)ccc5c34)NC(c3ccccc3)=N2)cc1. The molecule has 8 aromatic rings. The first-order valence-corrected chi connectivity index (χ1v) is 15.5. The summed E-state index contributed by atoms with van der Waals surface area (Å²) < 4.78 is 9.14. The van der Waals surface area contributed by atoms with Crippen molar-refractivity contribution in [1.82, 2.24) is 5.32 Å². The topological polar surface area (TPSA) is 49.9 Å². The molecule has 0 spiro atoms. The van der Waals surface area contributed by atoms with Gasteiger partial charge in [-0.15, -0.1) is 11.3 Å². The van der Waals surface area contributed by atoms with Gasteiger partial charge < -0.3 is 9.73 Å². The van der Waals surface area contributed by atoms with Crippen molar-refractivity contribution in [3.63, 3.8) is 0 Å². The lowest BCUT2D eigenvalue weighted by molar-refractivity contribution is 0.662. The molecule has 208 valence electrons. The molecule has 2 aromatic heterocycles. The van der Waals surface area contributed by atoms with E-state index in [0.29, 0.717) is 5.84 Å². The van der Waals surface area contributed by atoms with Crippen LogP contribution in [0.15, 0.2) is 154 Å². The number of aliphatic imine (C=N–C) groups is 2. The van der Waals surface area contributed by atoms with E-state index in [1.54, 1.807) is 0 Å². The van der Waals surface area contributed by atoms with E-state index in [4.69, 9.17) is 14.4 Å². The number of fused-ring (bicyclic) bond motifs is 6. The van der Waals surface area contributed by atoms with E-state index in [9.17, 15) is 0 Å². The van der Waals surface area contributed by atoms with Crippen LogP contribution in [0.3, 0.4) is 0 Å². The van der Waals surface area contributed by atoms with Gasteiger partial charge in [-0.1, -0.05) is 109 Å². The first kappa shape index (κ1) is 25.0. The highest BCUT2D eigenvalue weighted by molar-refractivity contribution is 7.25. The van der Waals surface area contributed by atoms with Gasteiger partial charge in [0.25, 0.3) is 0 Å². The quantitative estimate of drug-likeness (QED) is 0.224. The molecule has 1 unspecified atom stereocenters. The summed E-state index contributed by atoms with van der Waals surface area (Å²) in [7, 11) is 0. The Hall–Kier alpha value is -5.52. The number of rotatable bonds is 4. The van der Waals surface area contributed by atoms with E-state index in [0.717, 1.165) is 50.0 Å². The van der Waals surface area contributed by atoms with E-state index >= 15 is 0 Å². The number of hydrogen-bond donors (Lipinski definition) is 1. The molecule has 9 rings (SSSR count). The standard InChI is InChI=1S/C39H25N3OS/c1-3-11-24(12-4-1)37-40-38(25-13-5-2-6-14-25)42-39(41-37)30-17-9-18-31-35(30)28-22-21-26(23-32(28)43-31)27-16-10-20-34-36(27)29-15-7-8-19-33(29)44-34/h1-23,39H,(H,40,41,42). The van der Waals surface area contributed by atoms with E-state index in [-0.39, 0.29) is 6.17 Å². The van der Waals surface area contributed by atoms with Crippen molar-refractivity contribution < 1.29 is 4.42 Å². The van der Waals surface area contributed by atoms with E-state index < -0.39 is 0 Å². The van der Waals surface area contributed by atoms with Crippen LogP contribution in [-0.2, 0) is 0 Å². The highest BCUT2D eigenvalue weighted by atomic mass is 32.1. The second-order valence-electron chi connectivity index (χ2n) is 11.0. The van der Waals surface area contributed by atoms with E-state index in [1.807, 2.05) is 59.9 Å². The van der Waals surface area contributed by atoms with Crippen molar-refractivity contribution in [3.8, 4) is 11.1 Å². The Morgan fingerprint density at radius 3 is 2.18 bits per heavy atom. The monoisotopic (exact) mass is 583 g/mol. The minimum Gasteiger partial charge on any atom is -0.456 e. The molecular formula is C39H25N3OS. The Kier molecular flexibility index (Phi) is 5.71. The maximum absolute atomic E-state index is 6.55. The van der Waals surface area contributed by atoms with Crippen LogP contribution in [0.5, 0.6) is 0 Å². The van der Waals surface area contributed by atoms with Crippen LogP contribution >= 0.6 is 11.3 Å². The third-order valence-corrected chi connectivity index (χ3v) is 9.50. The Balaban J connectivity index is 1.20. The van der Waals surface area contributed by atoms with Crippen molar-refractivity contribution >= 4 is 65.1 Å². The van der Waals surface area contributed by atoms with Crippen molar-refractivity contribution in [2.75, 3.05) is 0 Å². The Labute approximate surface area is 257 Å². The Morgan fingerprint density at radius 1 is 0.568 bits per heavy atom. The lowest BCUT2D eigenvalue weighted by Crippen LogP contribution is -2.33. The molecule has 1 aliphatic rings. The summed E-state index contributed by atoms with van der Waals surface area (Å²) in [4.78, 5) is 10.1. The number of nitrogens with zero attached hydrogens (tertiary/aromatic N) is 2. The van der Waals surface area contributed by atoms with Crippen molar-refractivity contribution in [1.29, 1.82) is 0 Å². The van der Waals surface area contributed by atoms with Crippen LogP contribution in [0.1, 0.15) is 22.9 Å². The molecule has 1 N–H and O–H groups in total. The summed E-state index contributed by atoms with van der Waals surface area (Å²) in [6, 6.07) is 48.5. The zero-order valence-electron chi connectivity index (χ0n) is 23.6. The van der Waals surface area contributed by atoms with Crippen LogP contribution in [0.4, 0.5) is 0 Å². The number of furan rings is 1. The fraction of sp³-hybridized carbons (Fsp3) is 0.0256. The number of benzene rings is 6. The van der Waals surface area contributed by atoms with E-state index in [2.05, 4.69) is 96.3 Å². The van der Waals surface area contributed by atoms with Gasteiger partial charge in [0.2, 0.25) is 0 Å². The summed E-state index contributed by atoms with van der Waals surface area (Å²) in [6.45, 7) is 0. The van der Waals surface area contributed by atoms with Crippen LogP contribution in [0.2, 0.25) is 0 Å². The first-order chi connectivity index (χ1) is 21.8. The number of amidine groups is 2. The zero-order valence-corrected chi connectivity index (χ0v) is 24.4. The Morgan fingerprint density at radius 2 is 1.32 bits per heavy atom. The average molecular weight is 584 g/mol. The predicted molar refractivity (Wildman–Crippen MR) is 184 cm³/mol. The molecular weight excluding hydrogens is 559 g/mol. The highest BCUT2D eigenvalue weighted by Crippen LogP contribution is 2.42. The van der Waals surface area contributed by atoms with Crippen LogP contribution in [0.25, 0.3) is 53.2 Å². The zero-order chi connectivity index (χ0) is 29.0. The van der Waals surface area contributed by atoms with Gasteiger partial charge in [0, 0.05) is 47.6 Å². The van der Waals surface area contributed by atoms with Crippen molar-refractivity contribution in [2.45, 2.75) is 6.17 Å². The average Bonchev–Trinajstić information content (AvgIpc) is 3.67. The second-order valence-corrected chi connectivity index (χ2v) is 12.1. The molecule has 0 bridgehead atoms. The molecule has 0 radical (unpaired) electrons. The van der Waals surface area contributed by atoms with Gasteiger partial charge >= 0.3 is 0 Å². The largest absolute Gasteiger partial charge is 0.456 e. The molecule has 5 heteroatoms. The lowest BCUT2D eigenvalue weighted by atomic mass is 9.97. The molecule has 6 aromatic carbocycles. The summed E-state index contributed by atoms with van der Waals surface area (Å²) in [5, 5.41) is 8.36. The van der Waals surface area contributed by atoms with Crippen molar-refractivity contribution in [2.24, 2.45) is 9.98 Å². The molecule has 0 aliphatic carbocycles. The highest BCUT2D eigenvalue weighted by Gasteiger charge is 2.24. The van der Waals surface area contributed by atoms with Gasteiger partial charge in [0.1, 0.15) is 23.2 Å². The maximum atomic E-state index is 6.55. The molecule has 1 aliphatic heterocycles. The molecule has 44 heavy (non-hydrogen) atoms. The summed E-state index contributed by atoms with van der Waals surface area (Å²) in [6.07, 6.45) is -0.340. The Bertz CT molecular complexity index is 2420. The summed E-state index contributed by atoms with van der Waals surface area (Å²) in [5.41, 5.74) is 7.12. The summed E-state index contributed by atoms with van der Waals surface area (Å²) >= 11 is 1.84. The summed E-state index contributed by atoms with van der Waals surface area (Å²) in [5.74, 6) is 1.50. The van der Waals surface area contributed by atoms with Crippen LogP contribution in [-0.4, -0.2) is 11.7 Å². The molecule has 0 saturated heterocycles. The lowest BCUT2D eigenvalue weighted by Gasteiger charge is -2.24. The van der Waals surface area contributed by atoms with Gasteiger partial charge in [-0.05, 0) is 41.5 Å². The molecule has 0 fully saturated rings. The maximum Gasteiger partial charge on any atom is 0.159 e. The number of hydrogen-bond acceptors (Lipinski definition) is 5. The fourth-order valence-corrected chi connectivity index (χ4v) is 7.46. The van der Waals surface area contributed by atoms with Gasteiger partial charge in [-0.2, -0.15) is 0 Å². The smallest absolute Gasteiger partial charge is 0.159 e. The van der Waals surface area contributed by atoms with Gasteiger partial charge in [-0.25, -0.2) is 9.98 Å². The predicted octanol–water partition coefficient (Wildman–Crippen LogP) is 10.1. The molecule has 0 amide bonds. The normalized spacial score (nSPS) is 15.0. The van der Waals surface area contributed by atoms with E-state index in [1.165, 1.54) is 25.7 Å². The fourth-order valence-electron chi connectivity index (χ4n) is 6.33. The van der Waals surface area contributed by atoms with Gasteiger partial charge in [0.15, 0.2) is 5.84 Å².